The Morgan fingerprint density at radius 2 is 0.821 bits per heavy atom. The maximum Gasteiger partial charge on any atom is 0.252 e. The largest absolute Gasteiger partial charge is 0.380 e. The molecule has 0 spiro atoms. The van der Waals surface area contributed by atoms with Gasteiger partial charge in [0.05, 0.1) is 89.1 Å². The van der Waals surface area contributed by atoms with E-state index < -0.39 is 44.1 Å². The van der Waals surface area contributed by atoms with Crippen molar-refractivity contribution in [1.29, 1.82) is 0 Å². The predicted molar refractivity (Wildman–Crippen MR) is 295 cm³/mol. The van der Waals surface area contributed by atoms with E-state index in [0.717, 1.165) is 46.5 Å². The first-order valence-electron chi connectivity index (χ1n) is 25.2. The summed E-state index contributed by atoms with van der Waals surface area (Å²) in [6.07, 6.45) is -4.04. The predicted octanol–water partition coefficient (Wildman–Crippen LogP) is 3.77. The van der Waals surface area contributed by atoms with Gasteiger partial charge in [-0.25, -0.2) is 26.3 Å². The minimum absolute atomic E-state index is 0.00588. The first kappa shape index (κ1) is 63.6. The Morgan fingerprint density at radius 1 is 0.513 bits per heavy atom. The fourth-order valence-corrected chi connectivity index (χ4v) is 11.9. The minimum atomic E-state index is -3.77. The van der Waals surface area contributed by atoms with Gasteiger partial charge in [0.25, 0.3) is 11.8 Å². The van der Waals surface area contributed by atoms with Crippen LogP contribution in [0.1, 0.15) is 45.2 Å². The first-order chi connectivity index (χ1) is 37.3. The number of aliphatic hydroxyl groups is 2. The molecule has 0 bridgehead atoms. The summed E-state index contributed by atoms with van der Waals surface area (Å²) >= 11 is 25.6. The zero-order chi connectivity index (χ0) is 56.2. The van der Waals surface area contributed by atoms with Crippen LogP contribution in [-0.2, 0) is 71.1 Å². The van der Waals surface area contributed by atoms with Crippen molar-refractivity contribution in [3.05, 3.63) is 126 Å². The number of halogens is 4. The van der Waals surface area contributed by atoms with Gasteiger partial charge < -0.3 is 59.1 Å². The second-order valence-electron chi connectivity index (χ2n) is 18.5. The lowest BCUT2D eigenvalue weighted by atomic mass is 9.85. The third-order valence-electron chi connectivity index (χ3n) is 12.7. The summed E-state index contributed by atoms with van der Waals surface area (Å²) in [6.45, 7) is 5.06. The maximum absolute atomic E-state index is 12.9. The Bertz CT molecular complexity index is 2620. The molecule has 430 valence electrons. The normalized spacial score (nSPS) is 16.8. The molecule has 0 saturated heterocycles. The van der Waals surface area contributed by atoms with Gasteiger partial charge in [-0.05, 0) is 96.0 Å². The molecule has 0 fully saturated rings. The van der Waals surface area contributed by atoms with Gasteiger partial charge in [-0.1, -0.05) is 70.7 Å². The lowest BCUT2D eigenvalue weighted by Gasteiger charge is -2.33. The molecule has 0 aromatic heterocycles. The van der Waals surface area contributed by atoms with Crippen LogP contribution in [0.15, 0.2) is 82.6 Å². The number of hydrogen-bond donors (Lipinski definition) is 6. The van der Waals surface area contributed by atoms with Gasteiger partial charge in [0.15, 0.2) is 12.2 Å². The number of nitrogens with one attached hydrogen (secondary N) is 4. The van der Waals surface area contributed by atoms with Crippen LogP contribution in [0.4, 0.5) is 0 Å². The third kappa shape index (κ3) is 19.3. The zero-order valence-corrected chi connectivity index (χ0v) is 48.1. The number of sulfonamides is 2. The van der Waals surface area contributed by atoms with E-state index in [4.69, 9.17) is 74.8 Å². The molecule has 2 aliphatic rings. The number of fused-ring (bicyclic) bond motifs is 2. The summed E-state index contributed by atoms with van der Waals surface area (Å²) < 4.78 is 89.4. The summed E-state index contributed by atoms with van der Waals surface area (Å²) in [6, 6.07) is 20.9. The highest BCUT2D eigenvalue weighted by molar-refractivity contribution is 7.89. The van der Waals surface area contributed by atoms with E-state index in [-0.39, 0.29) is 127 Å². The van der Waals surface area contributed by atoms with Crippen LogP contribution in [0.25, 0.3) is 0 Å². The maximum atomic E-state index is 12.9. The van der Waals surface area contributed by atoms with Gasteiger partial charge in [0.1, 0.15) is 0 Å². The molecule has 2 heterocycles. The summed E-state index contributed by atoms with van der Waals surface area (Å²) in [5.74, 6) is -1.96. The van der Waals surface area contributed by atoms with Crippen LogP contribution in [0.5, 0.6) is 0 Å². The number of carbonyl (C=O) groups excluding carboxylic acids is 2. The number of aliphatic hydroxyl groups excluding tert-OH is 2. The molecule has 2 amide bonds. The summed E-state index contributed by atoms with van der Waals surface area (Å²) in [5, 5.41) is 27.4. The second kappa shape index (κ2) is 31.6. The molecule has 2 aliphatic heterocycles. The summed E-state index contributed by atoms with van der Waals surface area (Å²) in [5.41, 5.74) is 6.00. The van der Waals surface area contributed by atoms with Crippen molar-refractivity contribution in [1.82, 2.24) is 29.9 Å². The van der Waals surface area contributed by atoms with Crippen LogP contribution in [0, 0.1) is 0 Å². The summed E-state index contributed by atoms with van der Waals surface area (Å²) in [4.78, 5) is 29.1. The smallest absolute Gasteiger partial charge is 0.252 e. The molecule has 6 N–H and O–H groups in total. The third-order valence-corrected chi connectivity index (χ3v) is 16.7. The molecular formula is C52H68Cl4N6O14S2. The number of benzene rings is 4. The van der Waals surface area contributed by atoms with E-state index in [9.17, 15) is 36.6 Å². The quantitative estimate of drug-likeness (QED) is 0.0372. The molecule has 1 unspecified atom stereocenters. The van der Waals surface area contributed by atoms with E-state index in [1.54, 1.807) is 36.4 Å². The highest BCUT2D eigenvalue weighted by Crippen LogP contribution is 2.40. The number of ether oxygens (including phenoxy) is 6. The van der Waals surface area contributed by atoms with Crippen LogP contribution < -0.4 is 20.1 Å². The van der Waals surface area contributed by atoms with E-state index >= 15 is 0 Å². The van der Waals surface area contributed by atoms with Gasteiger partial charge in [0.2, 0.25) is 20.0 Å². The molecule has 4 aromatic carbocycles. The van der Waals surface area contributed by atoms with Crippen molar-refractivity contribution in [2.24, 2.45) is 0 Å². The molecule has 0 aliphatic carbocycles. The van der Waals surface area contributed by atoms with Gasteiger partial charge in [-0.3, -0.25) is 9.59 Å². The number of carbonyl (C=O) groups is 2. The average Bonchev–Trinajstić information content (AvgIpc) is 3.47. The Balaban J connectivity index is 0.705. The van der Waals surface area contributed by atoms with Crippen LogP contribution in [0.2, 0.25) is 20.1 Å². The number of likely N-dealkylation sites (N-methyl/N-ethyl adjacent to an activating group) is 2. The Kier molecular flexibility index (Phi) is 25.7. The molecule has 0 radical (unpaired) electrons. The molecule has 0 saturated carbocycles. The lowest BCUT2D eigenvalue weighted by molar-refractivity contribution is -0.146. The van der Waals surface area contributed by atoms with Gasteiger partial charge >= 0.3 is 0 Å². The van der Waals surface area contributed by atoms with E-state index in [1.165, 1.54) is 0 Å². The van der Waals surface area contributed by atoms with Crippen molar-refractivity contribution >= 4 is 78.3 Å². The SMILES string of the molecule is CN1Cc2c(Cl)cc(Cl)cc2[C@H](c2ccc(S(=O)(=O)NCCOCCOCCOCCNC(=O)C(O)[C@@H](O)C(=O)NCCOCCOCCOCCNS(=O)(=O)c3ccc([C@@H]4CN(C)Cc5c(Cl)cc(Cl)cc54)cc3)cc2)C1. The molecule has 20 nitrogen and oxygen atoms in total. The Morgan fingerprint density at radius 3 is 1.15 bits per heavy atom. The minimum Gasteiger partial charge on any atom is -0.380 e. The summed E-state index contributed by atoms with van der Waals surface area (Å²) in [7, 11) is -3.52. The van der Waals surface area contributed by atoms with Crippen LogP contribution in [-0.4, -0.2) is 194 Å². The fraction of sp³-hybridized carbons (Fsp3) is 0.500. The Labute approximate surface area is 476 Å². The van der Waals surface area contributed by atoms with Gasteiger partial charge in [-0.2, -0.15) is 0 Å². The highest BCUT2D eigenvalue weighted by Gasteiger charge is 2.31. The van der Waals surface area contributed by atoms with Crippen LogP contribution >= 0.6 is 46.4 Å². The van der Waals surface area contributed by atoms with Gasteiger partial charge in [0, 0.05) is 84.3 Å². The average molecular weight is 1210 g/mol. The van der Waals surface area contributed by atoms with Gasteiger partial charge in [-0.15, -0.1) is 0 Å². The monoisotopic (exact) mass is 1200 g/mol. The number of nitrogens with zero attached hydrogens (tertiary/aromatic N) is 2. The van der Waals surface area contributed by atoms with E-state index in [1.807, 2.05) is 50.5 Å². The van der Waals surface area contributed by atoms with Crippen molar-refractivity contribution in [2.45, 2.75) is 46.9 Å². The number of rotatable bonds is 33. The zero-order valence-electron chi connectivity index (χ0n) is 43.4. The second-order valence-corrected chi connectivity index (χ2v) is 23.7. The Hall–Kier alpha value is -3.60. The standard InChI is InChI=1S/C52H68Cl4N6O14S2/c1-61-31-43(41-27-37(53)29-47(55)45(41)33-61)35-3-7-39(8-4-35)77(67,68)59-13-17-73-21-25-75-23-19-71-15-11-57-51(65)49(63)50(64)52(66)58-12-16-72-20-24-76-26-22-74-18-14-60-78(69,70)40-9-5-36(6-10-40)44-32-62(2)34-46-42(44)28-38(54)30-48(46)56/h3-10,27-30,43-44,49-50,59-60,63-64H,11-26,31-34H2,1-2H3,(H,57,65)(H,58,66)/t43-,44-,49+,50?/m0/s1. The molecule has 78 heavy (non-hydrogen) atoms. The van der Waals surface area contributed by atoms with Crippen molar-refractivity contribution < 1.29 is 65.1 Å². The lowest BCUT2D eigenvalue weighted by Crippen LogP contribution is -2.50. The van der Waals surface area contributed by atoms with Crippen molar-refractivity contribution in [3.8, 4) is 0 Å². The fourth-order valence-electron chi connectivity index (χ4n) is 8.76. The number of amides is 2. The number of hydrogen-bond acceptors (Lipinski definition) is 16. The van der Waals surface area contributed by atoms with Crippen molar-refractivity contribution in [3.63, 3.8) is 0 Å². The van der Waals surface area contributed by atoms with E-state index in [2.05, 4.69) is 29.9 Å². The molecular weight excluding hydrogens is 1140 g/mol. The molecule has 26 heteroatoms. The highest BCUT2D eigenvalue weighted by atomic mass is 35.5. The molecule has 6 rings (SSSR count). The van der Waals surface area contributed by atoms with E-state index in [0.29, 0.717) is 33.2 Å². The topological polar surface area (TPSA) is 253 Å². The molecule has 4 aromatic rings. The molecule has 4 atom stereocenters. The first-order valence-corrected chi connectivity index (χ1v) is 29.7. The van der Waals surface area contributed by atoms with Crippen LogP contribution in [0.3, 0.4) is 0 Å². The van der Waals surface area contributed by atoms with Crippen molar-refractivity contribution in [2.75, 3.05) is 133 Å².